The summed E-state index contributed by atoms with van der Waals surface area (Å²) in [6.07, 6.45) is -0.0519. The highest BCUT2D eigenvalue weighted by molar-refractivity contribution is 7.10. The molecule has 0 aliphatic carbocycles. The van der Waals surface area contributed by atoms with Crippen molar-refractivity contribution in [1.29, 1.82) is 0 Å². The highest BCUT2D eigenvalue weighted by Gasteiger charge is 2.26. The van der Waals surface area contributed by atoms with Gasteiger partial charge in [0, 0.05) is 30.1 Å². The van der Waals surface area contributed by atoms with E-state index in [2.05, 4.69) is 10.3 Å². The van der Waals surface area contributed by atoms with Crippen LogP contribution in [0.15, 0.2) is 40.1 Å². The normalized spacial score (nSPS) is 18.0. The van der Waals surface area contributed by atoms with Gasteiger partial charge in [0.2, 0.25) is 0 Å². The van der Waals surface area contributed by atoms with Crippen molar-refractivity contribution < 1.29 is 13.9 Å². The van der Waals surface area contributed by atoms with Crippen LogP contribution in [0, 0.1) is 6.92 Å². The molecular weight excluding hydrogens is 326 g/mol. The van der Waals surface area contributed by atoms with Gasteiger partial charge in [-0.05, 0) is 23.6 Å². The van der Waals surface area contributed by atoms with E-state index in [1.807, 2.05) is 29.6 Å². The standard InChI is InChI=1S/C17H17N3O3S/c1-11-18-13-5-4-12(9-14(13)23-11)19-17(21)20-6-7-22-15(10-20)16-3-2-8-24-16/h2-5,8-9,15H,6-7,10H2,1H3,(H,19,21)/t15-/m0/s1. The minimum atomic E-state index is -0.129. The molecule has 24 heavy (non-hydrogen) atoms. The third-order valence-corrected chi connectivity index (χ3v) is 4.93. The number of anilines is 1. The molecule has 1 N–H and O–H groups in total. The Kier molecular flexibility index (Phi) is 3.95. The van der Waals surface area contributed by atoms with Gasteiger partial charge in [-0.2, -0.15) is 0 Å². The van der Waals surface area contributed by atoms with Gasteiger partial charge in [-0.15, -0.1) is 11.3 Å². The van der Waals surface area contributed by atoms with Crippen molar-refractivity contribution in [2.24, 2.45) is 0 Å². The number of nitrogens with zero attached hydrogens (tertiary/aromatic N) is 2. The molecule has 6 nitrogen and oxygen atoms in total. The molecule has 7 heteroatoms. The highest BCUT2D eigenvalue weighted by atomic mass is 32.1. The number of aromatic nitrogens is 1. The molecule has 0 unspecified atom stereocenters. The zero-order valence-electron chi connectivity index (χ0n) is 13.2. The first kappa shape index (κ1) is 15.2. The first-order valence-electron chi connectivity index (χ1n) is 7.77. The second-order valence-corrected chi connectivity index (χ2v) is 6.65. The summed E-state index contributed by atoms with van der Waals surface area (Å²) in [4.78, 5) is 19.7. The van der Waals surface area contributed by atoms with E-state index in [1.54, 1.807) is 29.2 Å². The van der Waals surface area contributed by atoms with Gasteiger partial charge in [0.25, 0.3) is 0 Å². The Morgan fingerprint density at radius 2 is 2.33 bits per heavy atom. The number of carbonyl (C=O) groups excluding carboxylic acids is 1. The second kappa shape index (κ2) is 6.26. The molecule has 1 aliphatic rings. The fraction of sp³-hybridized carbons (Fsp3) is 0.294. The van der Waals surface area contributed by atoms with E-state index >= 15 is 0 Å². The van der Waals surface area contributed by atoms with Crippen molar-refractivity contribution in [2.75, 3.05) is 25.0 Å². The Balaban J connectivity index is 1.46. The molecule has 0 radical (unpaired) electrons. The number of amides is 2. The molecule has 0 spiro atoms. The highest BCUT2D eigenvalue weighted by Crippen LogP contribution is 2.26. The summed E-state index contributed by atoms with van der Waals surface area (Å²) in [5.41, 5.74) is 2.15. The summed E-state index contributed by atoms with van der Waals surface area (Å²) < 4.78 is 11.3. The van der Waals surface area contributed by atoms with Gasteiger partial charge in [0.1, 0.15) is 11.6 Å². The third-order valence-electron chi connectivity index (χ3n) is 3.96. The maximum absolute atomic E-state index is 12.5. The molecule has 124 valence electrons. The molecule has 0 saturated carbocycles. The number of fused-ring (bicyclic) bond motifs is 1. The Hall–Kier alpha value is -2.38. The first-order chi connectivity index (χ1) is 11.7. The number of nitrogens with one attached hydrogen (secondary N) is 1. The molecule has 2 aromatic heterocycles. The summed E-state index contributed by atoms with van der Waals surface area (Å²) in [6, 6.07) is 9.38. The number of oxazole rings is 1. The fourth-order valence-electron chi connectivity index (χ4n) is 2.80. The summed E-state index contributed by atoms with van der Waals surface area (Å²) in [7, 11) is 0. The number of carbonyl (C=O) groups is 1. The third kappa shape index (κ3) is 3.00. The number of rotatable bonds is 2. The zero-order valence-corrected chi connectivity index (χ0v) is 14.0. The van der Waals surface area contributed by atoms with E-state index < -0.39 is 0 Å². The van der Waals surface area contributed by atoms with E-state index in [0.29, 0.717) is 36.9 Å². The van der Waals surface area contributed by atoms with Crippen molar-refractivity contribution in [3.8, 4) is 0 Å². The molecule has 1 atom stereocenters. The number of ether oxygens (including phenoxy) is 1. The average molecular weight is 343 g/mol. The molecule has 4 rings (SSSR count). The van der Waals surface area contributed by atoms with Crippen LogP contribution in [0.25, 0.3) is 11.1 Å². The van der Waals surface area contributed by atoms with Gasteiger partial charge >= 0.3 is 6.03 Å². The van der Waals surface area contributed by atoms with E-state index in [4.69, 9.17) is 9.15 Å². The van der Waals surface area contributed by atoms with Crippen LogP contribution in [-0.2, 0) is 4.74 Å². The van der Waals surface area contributed by atoms with Gasteiger partial charge < -0.3 is 19.4 Å². The van der Waals surface area contributed by atoms with Crippen LogP contribution in [-0.4, -0.2) is 35.6 Å². The predicted molar refractivity (Wildman–Crippen MR) is 92.3 cm³/mol. The molecule has 1 fully saturated rings. The monoisotopic (exact) mass is 343 g/mol. The maximum Gasteiger partial charge on any atom is 0.322 e. The minimum Gasteiger partial charge on any atom is -0.441 e. The smallest absolute Gasteiger partial charge is 0.322 e. The Bertz CT molecular complexity index is 859. The van der Waals surface area contributed by atoms with Gasteiger partial charge in [-0.1, -0.05) is 6.07 Å². The fourth-order valence-corrected chi connectivity index (χ4v) is 3.57. The predicted octanol–water partition coefficient (Wildman–Crippen LogP) is 3.80. The van der Waals surface area contributed by atoms with Gasteiger partial charge in [-0.25, -0.2) is 9.78 Å². The SMILES string of the molecule is Cc1nc2ccc(NC(=O)N3CCO[C@H](c4cccs4)C3)cc2o1. The van der Waals surface area contributed by atoms with Crippen molar-refractivity contribution in [2.45, 2.75) is 13.0 Å². The summed E-state index contributed by atoms with van der Waals surface area (Å²) in [5, 5.41) is 4.95. The van der Waals surface area contributed by atoms with E-state index in [0.717, 1.165) is 10.4 Å². The van der Waals surface area contributed by atoms with E-state index in [-0.39, 0.29) is 12.1 Å². The Labute approximate surface area is 143 Å². The first-order valence-corrected chi connectivity index (χ1v) is 8.65. The van der Waals surface area contributed by atoms with Crippen LogP contribution in [0.5, 0.6) is 0 Å². The number of morpholine rings is 1. The lowest BCUT2D eigenvalue weighted by molar-refractivity contribution is -0.0115. The van der Waals surface area contributed by atoms with Gasteiger partial charge in [0.15, 0.2) is 11.5 Å². The molecule has 1 aliphatic heterocycles. The summed E-state index contributed by atoms with van der Waals surface area (Å²) >= 11 is 1.65. The molecule has 2 amide bonds. The molecule has 0 bridgehead atoms. The van der Waals surface area contributed by atoms with Crippen LogP contribution in [0.3, 0.4) is 0 Å². The number of benzene rings is 1. The lowest BCUT2D eigenvalue weighted by atomic mass is 10.2. The Morgan fingerprint density at radius 1 is 1.42 bits per heavy atom. The zero-order chi connectivity index (χ0) is 16.5. The van der Waals surface area contributed by atoms with Crippen molar-refractivity contribution in [3.63, 3.8) is 0 Å². The minimum absolute atomic E-state index is 0.0519. The number of aryl methyl sites for hydroxylation is 1. The van der Waals surface area contributed by atoms with Crippen LogP contribution < -0.4 is 5.32 Å². The van der Waals surface area contributed by atoms with Gasteiger partial charge in [0.05, 0.1) is 13.2 Å². The second-order valence-electron chi connectivity index (χ2n) is 5.67. The summed E-state index contributed by atoms with van der Waals surface area (Å²) in [6.45, 7) is 3.47. The van der Waals surface area contributed by atoms with Crippen LogP contribution in [0.2, 0.25) is 0 Å². The maximum atomic E-state index is 12.5. The molecule has 3 aromatic rings. The number of urea groups is 1. The van der Waals surface area contributed by atoms with Crippen LogP contribution in [0.4, 0.5) is 10.5 Å². The largest absolute Gasteiger partial charge is 0.441 e. The molecule has 3 heterocycles. The molecule has 1 saturated heterocycles. The van der Waals surface area contributed by atoms with Crippen LogP contribution >= 0.6 is 11.3 Å². The lowest BCUT2D eigenvalue weighted by Gasteiger charge is -2.32. The quantitative estimate of drug-likeness (QED) is 0.768. The van der Waals surface area contributed by atoms with Gasteiger partial charge in [-0.3, -0.25) is 0 Å². The Morgan fingerprint density at radius 3 is 3.17 bits per heavy atom. The molecule has 1 aromatic carbocycles. The van der Waals surface area contributed by atoms with E-state index in [1.165, 1.54) is 0 Å². The topological polar surface area (TPSA) is 67.6 Å². The number of hydrogen-bond donors (Lipinski definition) is 1. The van der Waals surface area contributed by atoms with Crippen molar-refractivity contribution in [1.82, 2.24) is 9.88 Å². The van der Waals surface area contributed by atoms with Crippen LogP contribution in [0.1, 0.15) is 16.9 Å². The van der Waals surface area contributed by atoms with Crippen molar-refractivity contribution in [3.05, 3.63) is 46.5 Å². The number of thiophene rings is 1. The van der Waals surface area contributed by atoms with E-state index in [9.17, 15) is 4.79 Å². The average Bonchev–Trinajstić information content (AvgIpc) is 3.23. The summed E-state index contributed by atoms with van der Waals surface area (Å²) in [5.74, 6) is 0.612. The lowest BCUT2D eigenvalue weighted by Crippen LogP contribution is -2.44. The molecular formula is C17H17N3O3S. The van der Waals surface area contributed by atoms with Crippen molar-refractivity contribution >= 4 is 34.2 Å². The number of hydrogen-bond acceptors (Lipinski definition) is 5.